The van der Waals surface area contributed by atoms with E-state index in [4.69, 9.17) is 0 Å². The van der Waals surface area contributed by atoms with E-state index < -0.39 is 0 Å². The molecule has 0 spiro atoms. The second-order valence-electron chi connectivity index (χ2n) is 6.86. The maximum atomic E-state index is 12.6. The summed E-state index contributed by atoms with van der Waals surface area (Å²) >= 11 is 1.58. The van der Waals surface area contributed by atoms with E-state index in [0.29, 0.717) is 12.5 Å². The summed E-state index contributed by atoms with van der Waals surface area (Å²) in [6.07, 6.45) is 7.81. The van der Waals surface area contributed by atoms with Gasteiger partial charge in [-0.1, -0.05) is 30.3 Å². The van der Waals surface area contributed by atoms with Crippen molar-refractivity contribution in [3.63, 3.8) is 0 Å². The third-order valence-electron chi connectivity index (χ3n) is 4.85. The number of aromatic nitrogens is 3. The molecular weight excluding hydrogens is 358 g/mol. The molecule has 1 atom stereocenters. The Labute approximate surface area is 162 Å². The average molecular weight is 382 g/mol. The number of likely N-dealkylation sites (tertiary alicyclic amines) is 1. The van der Waals surface area contributed by atoms with Crippen LogP contribution in [0.15, 0.2) is 54.4 Å². The van der Waals surface area contributed by atoms with Crippen LogP contribution in [-0.2, 0) is 13.1 Å². The van der Waals surface area contributed by atoms with Crippen molar-refractivity contribution < 1.29 is 4.79 Å². The number of nitrogens with zero attached hydrogens (tertiary/aromatic N) is 4. The number of carbonyl (C=O) groups excluding carboxylic acids is 1. The van der Waals surface area contributed by atoms with E-state index in [2.05, 4.69) is 19.9 Å². The van der Waals surface area contributed by atoms with E-state index >= 15 is 0 Å². The zero-order valence-electron chi connectivity index (χ0n) is 15.1. The molecule has 0 bridgehead atoms. The van der Waals surface area contributed by atoms with Crippen molar-refractivity contribution in [2.45, 2.75) is 25.9 Å². The van der Waals surface area contributed by atoms with Crippen molar-refractivity contribution in [1.29, 1.82) is 0 Å². The number of hydrogen-bond donors (Lipinski definition) is 1. The molecule has 1 aromatic carbocycles. The minimum Gasteiger partial charge on any atom is -0.337 e. The van der Waals surface area contributed by atoms with E-state index in [1.54, 1.807) is 17.5 Å². The normalized spacial score (nSPS) is 17.0. The molecular formula is C20H23N5OS. The third-order valence-corrected chi connectivity index (χ3v) is 5.70. The monoisotopic (exact) mass is 381 g/mol. The van der Waals surface area contributed by atoms with Gasteiger partial charge in [-0.05, 0) is 18.8 Å². The van der Waals surface area contributed by atoms with Gasteiger partial charge in [0, 0.05) is 43.0 Å². The predicted octanol–water partition coefficient (Wildman–Crippen LogP) is 3.63. The van der Waals surface area contributed by atoms with Crippen LogP contribution in [0.2, 0.25) is 0 Å². The Hall–Kier alpha value is -2.67. The largest absolute Gasteiger partial charge is 0.337 e. The molecule has 2 amide bonds. The number of nitrogens with one attached hydrogen (secondary N) is 1. The van der Waals surface area contributed by atoms with Gasteiger partial charge in [0.1, 0.15) is 5.01 Å². The van der Waals surface area contributed by atoms with Crippen LogP contribution in [0, 0.1) is 5.92 Å². The van der Waals surface area contributed by atoms with Crippen molar-refractivity contribution in [3.05, 3.63) is 59.4 Å². The standard InChI is InChI=1S/C20H23N5OS/c26-20(25-9-4-5-16(13-25)12-24-10-8-21-15-24)22-11-19-23-18(14-27-19)17-6-2-1-3-7-17/h1-3,6-8,10,14-16H,4-5,9,11-13H2,(H,22,26). The van der Waals surface area contributed by atoms with Crippen LogP contribution in [0.3, 0.4) is 0 Å². The summed E-state index contributed by atoms with van der Waals surface area (Å²) in [7, 11) is 0. The first-order valence-electron chi connectivity index (χ1n) is 9.26. The average Bonchev–Trinajstić information content (AvgIpc) is 3.39. The fourth-order valence-electron chi connectivity index (χ4n) is 3.49. The van der Waals surface area contributed by atoms with E-state index in [1.807, 2.05) is 53.1 Å². The Kier molecular flexibility index (Phi) is 5.48. The fourth-order valence-corrected chi connectivity index (χ4v) is 4.23. The van der Waals surface area contributed by atoms with Gasteiger partial charge in [-0.15, -0.1) is 11.3 Å². The molecule has 0 radical (unpaired) electrons. The first kappa shape index (κ1) is 17.7. The van der Waals surface area contributed by atoms with Crippen LogP contribution < -0.4 is 5.32 Å². The van der Waals surface area contributed by atoms with Crippen LogP contribution in [0.1, 0.15) is 17.8 Å². The number of carbonyl (C=O) groups is 1. The molecule has 1 N–H and O–H groups in total. The summed E-state index contributed by atoms with van der Waals surface area (Å²) in [4.78, 5) is 23.2. The number of benzene rings is 1. The highest BCUT2D eigenvalue weighted by Gasteiger charge is 2.23. The smallest absolute Gasteiger partial charge is 0.317 e. The Balaban J connectivity index is 1.29. The summed E-state index contributed by atoms with van der Waals surface area (Å²) < 4.78 is 2.09. The molecule has 1 aliphatic heterocycles. The van der Waals surface area contributed by atoms with E-state index in [-0.39, 0.29) is 6.03 Å². The predicted molar refractivity (Wildman–Crippen MR) is 106 cm³/mol. The Morgan fingerprint density at radius 2 is 2.19 bits per heavy atom. The molecule has 6 nitrogen and oxygen atoms in total. The molecule has 1 fully saturated rings. The second-order valence-corrected chi connectivity index (χ2v) is 7.81. The van der Waals surface area contributed by atoms with Gasteiger partial charge >= 0.3 is 6.03 Å². The Bertz CT molecular complexity index is 862. The summed E-state index contributed by atoms with van der Waals surface area (Å²) in [5, 5.41) is 5.99. The van der Waals surface area contributed by atoms with Gasteiger partial charge < -0.3 is 14.8 Å². The van der Waals surface area contributed by atoms with Crippen molar-refractivity contribution in [2.75, 3.05) is 13.1 Å². The molecule has 27 heavy (non-hydrogen) atoms. The molecule has 0 aliphatic carbocycles. The SMILES string of the molecule is O=C(NCc1nc(-c2ccccc2)cs1)N1CCCC(Cn2ccnc2)C1. The number of amides is 2. The number of urea groups is 1. The van der Waals surface area contributed by atoms with Gasteiger partial charge in [-0.2, -0.15) is 0 Å². The molecule has 1 unspecified atom stereocenters. The number of rotatable bonds is 5. The van der Waals surface area contributed by atoms with Crippen LogP contribution in [0.5, 0.6) is 0 Å². The van der Waals surface area contributed by atoms with E-state index in [1.165, 1.54) is 0 Å². The number of imidazole rings is 1. The van der Waals surface area contributed by atoms with Gasteiger partial charge in [0.15, 0.2) is 0 Å². The van der Waals surface area contributed by atoms with Crippen molar-refractivity contribution in [3.8, 4) is 11.3 Å². The van der Waals surface area contributed by atoms with Gasteiger partial charge in [-0.3, -0.25) is 0 Å². The molecule has 140 valence electrons. The highest BCUT2D eigenvalue weighted by molar-refractivity contribution is 7.09. The van der Waals surface area contributed by atoms with E-state index in [0.717, 1.165) is 48.7 Å². The summed E-state index contributed by atoms with van der Waals surface area (Å²) in [6, 6.07) is 10.1. The van der Waals surface area contributed by atoms with Gasteiger partial charge in [0.05, 0.1) is 18.6 Å². The maximum absolute atomic E-state index is 12.6. The molecule has 4 rings (SSSR count). The van der Waals surface area contributed by atoms with Crippen LogP contribution in [0.25, 0.3) is 11.3 Å². The minimum absolute atomic E-state index is 0.00166. The Morgan fingerprint density at radius 1 is 1.30 bits per heavy atom. The van der Waals surface area contributed by atoms with Gasteiger partial charge in [0.2, 0.25) is 0 Å². The molecule has 3 heterocycles. The highest BCUT2D eigenvalue weighted by atomic mass is 32.1. The maximum Gasteiger partial charge on any atom is 0.317 e. The van der Waals surface area contributed by atoms with Gasteiger partial charge in [0.25, 0.3) is 0 Å². The summed E-state index contributed by atoms with van der Waals surface area (Å²) in [5.41, 5.74) is 2.06. The van der Waals surface area contributed by atoms with Gasteiger partial charge in [-0.25, -0.2) is 14.8 Å². The number of piperidine rings is 1. The zero-order chi connectivity index (χ0) is 18.5. The highest BCUT2D eigenvalue weighted by Crippen LogP contribution is 2.22. The van der Waals surface area contributed by atoms with Crippen molar-refractivity contribution >= 4 is 17.4 Å². The Morgan fingerprint density at radius 3 is 3.00 bits per heavy atom. The minimum atomic E-state index is 0.00166. The third kappa shape index (κ3) is 4.54. The lowest BCUT2D eigenvalue weighted by Gasteiger charge is -2.32. The lowest BCUT2D eigenvalue weighted by molar-refractivity contribution is 0.159. The second kappa shape index (κ2) is 8.35. The summed E-state index contributed by atoms with van der Waals surface area (Å²) in [6.45, 7) is 2.99. The topological polar surface area (TPSA) is 63.1 Å². The number of hydrogen-bond acceptors (Lipinski definition) is 4. The van der Waals surface area contributed by atoms with Crippen molar-refractivity contribution in [2.24, 2.45) is 5.92 Å². The van der Waals surface area contributed by atoms with Crippen LogP contribution >= 0.6 is 11.3 Å². The summed E-state index contributed by atoms with van der Waals surface area (Å²) in [5.74, 6) is 0.475. The molecule has 3 aromatic rings. The lowest BCUT2D eigenvalue weighted by Crippen LogP contribution is -2.45. The molecule has 7 heteroatoms. The fraction of sp³-hybridized carbons (Fsp3) is 0.350. The molecule has 1 aliphatic rings. The lowest BCUT2D eigenvalue weighted by atomic mass is 9.98. The zero-order valence-corrected chi connectivity index (χ0v) is 15.9. The number of thiazole rings is 1. The molecule has 0 saturated carbocycles. The van der Waals surface area contributed by atoms with E-state index in [9.17, 15) is 4.79 Å². The first-order valence-corrected chi connectivity index (χ1v) is 10.1. The van der Waals surface area contributed by atoms with Crippen molar-refractivity contribution in [1.82, 2.24) is 24.8 Å². The van der Waals surface area contributed by atoms with Crippen LogP contribution in [0.4, 0.5) is 4.79 Å². The quantitative estimate of drug-likeness (QED) is 0.734. The molecule has 1 saturated heterocycles. The molecule has 2 aromatic heterocycles. The van der Waals surface area contributed by atoms with Crippen LogP contribution in [-0.4, -0.2) is 38.6 Å². The first-order chi connectivity index (χ1) is 13.3.